The second-order valence-corrected chi connectivity index (χ2v) is 8.72. The molecule has 2 aromatic rings. The first-order chi connectivity index (χ1) is 12.4. The molecule has 0 fully saturated rings. The van der Waals surface area contributed by atoms with E-state index in [0.29, 0.717) is 6.42 Å². The number of hydrogen-bond acceptors (Lipinski definition) is 2. The van der Waals surface area contributed by atoms with Crippen LogP contribution < -0.4 is 0 Å². The van der Waals surface area contributed by atoms with Gasteiger partial charge < -0.3 is 4.74 Å². The number of ether oxygens (including phenoxy) is 1. The second-order valence-electron chi connectivity index (χ2n) is 7.81. The summed E-state index contributed by atoms with van der Waals surface area (Å²) in [7, 11) is 0. The molecule has 1 unspecified atom stereocenters. The van der Waals surface area contributed by atoms with E-state index in [4.69, 9.17) is 4.74 Å². The number of halogens is 1. The smallest absolute Gasteiger partial charge is 0.163 e. The third-order valence-electron chi connectivity index (χ3n) is 5.03. The Morgan fingerprint density at radius 2 is 1.69 bits per heavy atom. The van der Waals surface area contributed by atoms with Gasteiger partial charge in [0.15, 0.2) is 5.78 Å². The number of ketones is 1. The zero-order chi connectivity index (χ0) is 18.3. The van der Waals surface area contributed by atoms with Gasteiger partial charge in [0, 0.05) is 34.4 Å². The molecule has 132 valence electrons. The lowest BCUT2D eigenvalue weighted by atomic mass is 9.71. The molecular formula is C23H21BrO2. The lowest BCUT2D eigenvalue weighted by Crippen LogP contribution is -2.30. The Morgan fingerprint density at radius 3 is 2.38 bits per heavy atom. The minimum atomic E-state index is -0.0701. The van der Waals surface area contributed by atoms with Gasteiger partial charge in [0.25, 0.3) is 0 Å². The monoisotopic (exact) mass is 408 g/mol. The van der Waals surface area contributed by atoms with Gasteiger partial charge in [-0.2, -0.15) is 0 Å². The van der Waals surface area contributed by atoms with Crippen LogP contribution in [0.3, 0.4) is 0 Å². The molecule has 26 heavy (non-hydrogen) atoms. The lowest BCUT2D eigenvalue weighted by molar-refractivity contribution is -0.118. The molecule has 0 saturated carbocycles. The number of Topliss-reactive ketones (excluding diaryl/α,β-unsaturated/α-hetero) is 1. The van der Waals surface area contributed by atoms with Crippen LogP contribution >= 0.6 is 15.9 Å². The molecule has 4 rings (SSSR count). The first kappa shape index (κ1) is 17.3. The molecule has 1 heterocycles. The maximum Gasteiger partial charge on any atom is 0.163 e. The van der Waals surface area contributed by atoms with Crippen LogP contribution in [0.5, 0.6) is 0 Å². The van der Waals surface area contributed by atoms with E-state index in [1.165, 1.54) is 0 Å². The van der Waals surface area contributed by atoms with E-state index in [9.17, 15) is 4.79 Å². The summed E-state index contributed by atoms with van der Waals surface area (Å²) in [5.41, 5.74) is 2.91. The second kappa shape index (κ2) is 6.55. The first-order valence-corrected chi connectivity index (χ1v) is 9.69. The number of allylic oxidation sites excluding steroid dienone is 3. The normalized spacial score (nSPS) is 21.7. The van der Waals surface area contributed by atoms with Crippen LogP contribution in [0.4, 0.5) is 0 Å². The Bertz CT molecular complexity index is 905. The minimum absolute atomic E-state index is 0.0642. The fourth-order valence-corrected chi connectivity index (χ4v) is 4.07. The fraction of sp³-hybridized carbons (Fsp3) is 0.261. The van der Waals surface area contributed by atoms with E-state index in [1.807, 2.05) is 42.5 Å². The van der Waals surface area contributed by atoms with E-state index in [1.54, 1.807) is 0 Å². The number of benzene rings is 2. The number of carbonyl (C=O) groups excluding carboxylic acids is 1. The van der Waals surface area contributed by atoms with E-state index in [-0.39, 0.29) is 17.1 Å². The molecule has 2 nitrogen and oxygen atoms in total. The van der Waals surface area contributed by atoms with E-state index >= 15 is 0 Å². The predicted octanol–water partition coefficient (Wildman–Crippen LogP) is 6.25. The molecule has 0 amide bonds. The summed E-state index contributed by atoms with van der Waals surface area (Å²) in [4.78, 5) is 13.0. The molecule has 1 atom stereocenters. The Labute approximate surface area is 162 Å². The Hall–Kier alpha value is -2.13. The molecule has 3 heteroatoms. The molecule has 1 aliphatic carbocycles. The zero-order valence-electron chi connectivity index (χ0n) is 15.0. The topological polar surface area (TPSA) is 26.3 Å². The van der Waals surface area contributed by atoms with Crippen molar-refractivity contribution in [1.82, 2.24) is 0 Å². The van der Waals surface area contributed by atoms with Gasteiger partial charge in [-0.05, 0) is 29.2 Å². The molecule has 2 aliphatic rings. The van der Waals surface area contributed by atoms with Crippen LogP contribution in [-0.2, 0) is 9.53 Å². The van der Waals surface area contributed by atoms with Gasteiger partial charge in [-0.3, -0.25) is 4.79 Å². The van der Waals surface area contributed by atoms with Gasteiger partial charge in [-0.25, -0.2) is 0 Å². The van der Waals surface area contributed by atoms with E-state index in [2.05, 4.69) is 48.0 Å². The Kier molecular flexibility index (Phi) is 4.36. The summed E-state index contributed by atoms with van der Waals surface area (Å²) in [6, 6.07) is 18.3. The third-order valence-corrected chi connectivity index (χ3v) is 5.56. The zero-order valence-corrected chi connectivity index (χ0v) is 16.5. The Balaban J connectivity index is 1.84. The standard InChI is InChI=1S/C23H21BrO2/c1-23(2)13-19(25)22-18(15-8-10-17(24)11-9-15)12-20(26-21(22)14-23)16-6-4-3-5-7-16/h3-12,18H,13-14H2,1-2H3. The lowest BCUT2D eigenvalue weighted by Gasteiger charge is -2.37. The molecule has 0 radical (unpaired) electrons. The molecule has 0 bridgehead atoms. The first-order valence-electron chi connectivity index (χ1n) is 8.90. The SMILES string of the molecule is CC1(C)CC(=O)C2=C(C1)OC(c1ccccc1)=CC2c1ccc(Br)cc1. The minimum Gasteiger partial charge on any atom is -0.461 e. The maximum atomic E-state index is 13.0. The van der Waals surface area contributed by atoms with Gasteiger partial charge in [0.2, 0.25) is 0 Å². The van der Waals surface area contributed by atoms with Crippen LogP contribution in [0.15, 0.2) is 76.5 Å². The molecule has 0 spiro atoms. The molecule has 0 N–H and O–H groups in total. The maximum absolute atomic E-state index is 13.0. The van der Waals surface area contributed by atoms with Gasteiger partial charge in [0.05, 0.1) is 0 Å². The van der Waals surface area contributed by atoms with Crippen molar-refractivity contribution in [2.75, 3.05) is 0 Å². The van der Waals surface area contributed by atoms with Crippen molar-refractivity contribution in [3.8, 4) is 0 Å². The van der Waals surface area contributed by atoms with Crippen molar-refractivity contribution >= 4 is 27.5 Å². The van der Waals surface area contributed by atoms with Gasteiger partial charge in [0.1, 0.15) is 11.5 Å². The van der Waals surface area contributed by atoms with Crippen molar-refractivity contribution < 1.29 is 9.53 Å². The van der Waals surface area contributed by atoms with Crippen molar-refractivity contribution in [3.05, 3.63) is 87.6 Å². The third kappa shape index (κ3) is 3.28. The van der Waals surface area contributed by atoms with Crippen molar-refractivity contribution in [2.45, 2.75) is 32.6 Å². The summed E-state index contributed by atoms with van der Waals surface area (Å²) in [5, 5.41) is 0. The van der Waals surface area contributed by atoms with E-state index < -0.39 is 0 Å². The van der Waals surface area contributed by atoms with Gasteiger partial charge in [-0.1, -0.05) is 72.2 Å². The number of rotatable bonds is 2. The highest BCUT2D eigenvalue weighted by Crippen LogP contribution is 2.47. The summed E-state index contributed by atoms with van der Waals surface area (Å²) >= 11 is 3.49. The van der Waals surface area contributed by atoms with Crippen LogP contribution in [-0.4, -0.2) is 5.78 Å². The fourth-order valence-electron chi connectivity index (χ4n) is 3.81. The summed E-state index contributed by atoms with van der Waals surface area (Å²) in [6.07, 6.45) is 3.44. The summed E-state index contributed by atoms with van der Waals surface area (Å²) in [6.45, 7) is 4.26. The highest BCUT2D eigenvalue weighted by Gasteiger charge is 2.40. The van der Waals surface area contributed by atoms with Crippen LogP contribution in [0.2, 0.25) is 0 Å². The van der Waals surface area contributed by atoms with Crippen molar-refractivity contribution in [1.29, 1.82) is 0 Å². The van der Waals surface area contributed by atoms with Crippen molar-refractivity contribution in [2.24, 2.45) is 5.41 Å². The van der Waals surface area contributed by atoms with Gasteiger partial charge in [-0.15, -0.1) is 0 Å². The van der Waals surface area contributed by atoms with Crippen LogP contribution in [0.1, 0.15) is 43.7 Å². The average molecular weight is 409 g/mol. The molecular weight excluding hydrogens is 388 g/mol. The molecule has 0 saturated heterocycles. The van der Waals surface area contributed by atoms with Crippen LogP contribution in [0, 0.1) is 5.41 Å². The highest BCUT2D eigenvalue weighted by molar-refractivity contribution is 9.10. The predicted molar refractivity (Wildman–Crippen MR) is 107 cm³/mol. The summed E-state index contributed by atoms with van der Waals surface area (Å²) < 4.78 is 7.30. The molecule has 0 aromatic heterocycles. The van der Waals surface area contributed by atoms with Crippen LogP contribution in [0.25, 0.3) is 5.76 Å². The van der Waals surface area contributed by atoms with E-state index in [0.717, 1.165) is 39.1 Å². The molecule has 1 aliphatic heterocycles. The average Bonchev–Trinajstić information content (AvgIpc) is 2.61. The number of carbonyl (C=O) groups is 1. The van der Waals surface area contributed by atoms with Gasteiger partial charge >= 0.3 is 0 Å². The Morgan fingerprint density at radius 1 is 1.00 bits per heavy atom. The molecule has 2 aromatic carbocycles. The van der Waals surface area contributed by atoms with Crippen molar-refractivity contribution in [3.63, 3.8) is 0 Å². The quantitative estimate of drug-likeness (QED) is 0.586. The highest BCUT2D eigenvalue weighted by atomic mass is 79.9. The largest absolute Gasteiger partial charge is 0.461 e. The summed E-state index contributed by atoms with van der Waals surface area (Å²) in [5.74, 6) is 1.81. The number of hydrogen-bond donors (Lipinski definition) is 0.